The van der Waals surface area contributed by atoms with Crippen LogP contribution in [0.4, 0.5) is 5.13 Å². The molecule has 96 valence electrons. The third-order valence-corrected chi connectivity index (χ3v) is 4.80. The molecule has 0 radical (unpaired) electrons. The SMILES string of the molecule is CN(C)c1nnc(Sc2ccc(CO)cc2Cl)s1. The fraction of sp³-hybridized carbons (Fsp3) is 0.273. The van der Waals surface area contributed by atoms with Crippen LogP contribution in [0.1, 0.15) is 5.56 Å². The number of nitrogens with zero attached hydrogens (tertiary/aromatic N) is 3. The van der Waals surface area contributed by atoms with Crippen LogP contribution in [0, 0.1) is 0 Å². The van der Waals surface area contributed by atoms with Gasteiger partial charge in [0.2, 0.25) is 5.13 Å². The second-order valence-electron chi connectivity index (χ2n) is 3.77. The van der Waals surface area contributed by atoms with E-state index < -0.39 is 0 Å². The zero-order valence-corrected chi connectivity index (χ0v) is 12.3. The van der Waals surface area contributed by atoms with Gasteiger partial charge in [0.15, 0.2) is 4.34 Å². The minimum absolute atomic E-state index is 0.00570. The van der Waals surface area contributed by atoms with Gasteiger partial charge in [-0.1, -0.05) is 40.8 Å². The minimum Gasteiger partial charge on any atom is -0.392 e. The zero-order chi connectivity index (χ0) is 13.1. The van der Waals surface area contributed by atoms with Crippen LogP contribution in [0.2, 0.25) is 5.02 Å². The van der Waals surface area contributed by atoms with Crippen molar-refractivity contribution in [1.82, 2.24) is 10.2 Å². The maximum Gasteiger partial charge on any atom is 0.208 e. The summed E-state index contributed by atoms with van der Waals surface area (Å²) in [4.78, 5) is 2.83. The highest BCUT2D eigenvalue weighted by Gasteiger charge is 2.10. The lowest BCUT2D eigenvalue weighted by Gasteiger charge is -2.04. The Balaban J connectivity index is 2.17. The molecule has 0 aliphatic carbocycles. The molecule has 0 aliphatic rings. The minimum atomic E-state index is -0.00570. The van der Waals surface area contributed by atoms with Crippen LogP contribution in [0.3, 0.4) is 0 Å². The van der Waals surface area contributed by atoms with Crippen molar-refractivity contribution in [2.75, 3.05) is 19.0 Å². The number of rotatable bonds is 4. The first-order chi connectivity index (χ1) is 8.60. The number of aromatic nitrogens is 2. The molecule has 0 amide bonds. The molecule has 18 heavy (non-hydrogen) atoms. The maximum absolute atomic E-state index is 9.02. The van der Waals surface area contributed by atoms with Crippen LogP contribution in [-0.2, 0) is 6.61 Å². The lowest BCUT2D eigenvalue weighted by Crippen LogP contribution is -2.07. The summed E-state index contributed by atoms with van der Waals surface area (Å²) in [5.74, 6) is 0. The van der Waals surface area contributed by atoms with Crippen molar-refractivity contribution in [1.29, 1.82) is 0 Å². The van der Waals surface area contributed by atoms with Gasteiger partial charge in [0.1, 0.15) is 0 Å². The van der Waals surface area contributed by atoms with Crippen molar-refractivity contribution in [3.63, 3.8) is 0 Å². The number of hydrogen-bond donors (Lipinski definition) is 1. The first kappa shape index (κ1) is 13.6. The normalized spacial score (nSPS) is 10.7. The maximum atomic E-state index is 9.02. The molecule has 1 N–H and O–H groups in total. The molecule has 0 unspecified atom stereocenters. The Labute approximate surface area is 119 Å². The number of hydrogen-bond acceptors (Lipinski definition) is 6. The Morgan fingerprint density at radius 3 is 2.72 bits per heavy atom. The van der Waals surface area contributed by atoms with Gasteiger partial charge in [0.25, 0.3) is 0 Å². The summed E-state index contributed by atoms with van der Waals surface area (Å²) >= 11 is 9.13. The highest BCUT2D eigenvalue weighted by Crippen LogP contribution is 2.36. The summed E-state index contributed by atoms with van der Waals surface area (Å²) in [6.45, 7) is -0.00570. The molecule has 0 spiro atoms. The lowest BCUT2D eigenvalue weighted by molar-refractivity contribution is 0.282. The van der Waals surface area contributed by atoms with Crippen LogP contribution in [0.15, 0.2) is 27.4 Å². The summed E-state index contributed by atoms with van der Waals surface area (Å²) in [6, 6.07) is 5.50. The van der Waals surface area contributed by atoms with E-state index in [1.807, 2.05) is 31.1 Å². The van der Waals surface area contributed by atoms with E-state index in [0.29, 0.717) is 5.02 Å². The van der Waals surface area contributed by atoms with E-state index in [9.17, 15) is 0 Å². The molecule has 0 aliphatic heterocycles. The molecule has 0 saturated heterocycles. The molecule has 1 heterocycles. The Morgan fingerprint density at radius 1 is 1.39 bits per heavy atom. The predicted molar refractivity (Wildman–Crippen MR) is 75.7 cm³/mol. The van der Waals surface area contributed by atoms with Gasteiger partial charge in [-0.3, -0.25) is 0 Å². The fourth-order valence-electron chi connectivity index (χ4n) is 1.24. The van der Waals surface area contributed by atoms with Crippen LogP contribution in [-0.4, -0.2) is 29.4 Å². The van der Waals surface area contributed by atoms with Gasteiger partial charge in [0, 0.05) is 19.0 Å². The number of aliphatic hydroxyl groups is 1. The third-order valence-electron chi connectivity index (χ3n) is 2.15. The number of benzene rings is 1. The number of anilines is 1. The van der Waals surface area contributed by atoms with Gasteiger partial charge in [-0.2, -0.15) is 0 Å². The topological polar surface area (TPSA) is 49.2 Å². The van der Waals surface area contributed by atoms with E-state index >= 15 is 0 Å². The summed E-state index contributed by atoms with van der Waals surface area (Å²) in [6.07, 6.45) is 0. The van der Waals surface area contributed by atoms with Crippen molar-refractivity contribution in [3.05, 3.63) is 28.8 Å². The Bertz CT molecular complexity index is 545. The molecule has 4 nitrogen and oxygen atoms in total. The first-order valence-electron chi connectivity index (χ1n) is 5.18. The molecule has 2 aromatic rings. The van der Waals surface area contributed by atoms with Crippen molar-refractivity contribution in [3.8, 4) is 0 Å². The van der Waals surface area contributed by atoms with Crippen LogP contribution >= 0.6 is 34.7 Å². The number of aliphatic hydroxyl groups excluding tert-OH is 1. The van der Waals surface area contributed by atoms with Crippen LogP contribution in [0.25, 0.3) is 0 Å². The predicted octanol–water partition coefficient (Wildman–Crippen LogP) is 2.90. The molecule has 2 rings (SSSR count). The third kappa shape index (κ3) is 3.14. The average Bonchev–Trinajstić information content (AvgIpc) is 2.80. The van der Waals surface area contributed by atoms with E-state index in [0.717, 1.165) is 19.9 Å². The molecule has 7 heteroatoms. The van der Waals surface area contributed by atoms with Gasteiger partial charge in [-0.25, -0.2) is 0 Å². The van der Waals surface area contributed by atoms with Crippen LogP contribution < -0.4 is 4.90 Å². The van der Waals surface area contributed by atoms with Crippen molar-refractivity contribution >= 4 is 39.8 Å². The quantitative estimate of drug-likeness (QED) is 0.941. The molecule has 1 aromatic heterocycles. The summed E-state index contributed by atoms with van der Waals surface area (Å²) in [5, 5.41) is 18.7. The molecular formula is C11H12ClN3OS2. The second kappa shape index (κ2) is 5.88. The van der Waals surface area contributed by atoms with Crippen LogP contribution in [0.5, 0.6) is 0 Å². The van der Waals surface area contributed by atoms with Gasteiger partial charge in [0.05, 0.1) is 11.6 Å². The smallest absolute Gasteiger partial charge is 0.208 e. The molecule has 0 fully saturated rings. The van der Waals surface area contributed by atoms with Gasteiger partial charge < -0.3 is 10.0 Å². The molecule has 0 atom stereocenters. The van der Waals surface area contributed by atoms with Gasteiger partial charge in [-0.15, -0.1) is 10.2 Å². The standard InChI is InChI=1S/C11H12ClN3OS2/c1-15(2)10-13-14-11(18-10)17-9-4-3-7(6-16)5-8(9)12/h3-5,16H,6H2,1-2H3. The van der Waals surface area contributed by atoms with E-state index in [4.69, 9.17) is 16.7 Å². The first-order valence-corrected chi connectivity index (χ1v) is 7.19. The van der Waals surface area contributed by atoms with E-state index in [1.165, 1.54) is 23.1 Å². The zero-order valence-electron chi connectivity index (χ0n) is 9.92. The van der Waals surface area contributed by atoms with Crippen molar-refractivity contribution in [2.24, 2.45) is 0 Å². The van der Waals surface area contributed by atoms with Gasteiger partial charge in [-0.05, 0) is 17.7 Å². The molecule has 0 saturated carbocycles. The van der Waals surface area contributed by atoms with E-state index in [1.54, 1.807) is 6.07 Å². The fourth-order valence-corrected chi connectivity index (χ4v) is 3.29. The van der Waals surface area contributed by atoms with Crippen molar-refractivity contribution < 1.29 is 5.11 Å². The number of halogens is 1. The Morgan fingerprint density at radius 2 is 2.17 bits per heavy atom. The Hall–Kier alpha value is -0.820. The largest absolute Gasteiger partial charge is 0.392 e. The summed E-state index contributed by atoms with van der Waals surface area (Å²) < 4.78 is 0.845. The summed E-state index contributed by atoms with van der Waals surface area (Å²) in [5.41, 5.74) is 0.801. The second-order valence-corrected chi connectivity index (χ2v) is 6.42. The Kier molecular flexibility index (Phi) is 4.45. The molecule has 1 aromatic carbocycles. The van der Waals surface area contributed by atoms with E-state index in [-0.39, 0.29) is 6.61 Å². The molecular weight excluding hydrogens is 290 g/mol. The monoisotopic (exact) mass is 301 g/mol. The van der Waals surface area contributed by atoms with Gasteiger partial charge >= 0.3 is 0 Å². The average molecular weight is 302 g/mol. The lowest BCUT2D eigenvalue weighted by atomic mass is 10.2. The summed E-state index contributed by atoms with van der Waals surface area (Å²) in [7, 11) is 3.86. The van der Waals surface area contributed by atoms with Crippen molar-refractivity contribution in [2.45, 2.75) is 15.8 Å². The molecule has 0 bridgehead atoms. The highest BCUT2D eigenvalue weighted by atomic mass is 35.5. The highest BCUT2D eigenvalue weighted by molar-refractivity contribution is 8.01. The van der Waals surface area contributed by atoms with E-state index in [2.05, 4.69) is 10.2 Å².